The zero-order valence-electron chi connectivity index (χ0n) is 18.7. The van der Waals surface area contributed by atoms with E-state index in [9.17, 15) is 18.4 Å². The van der Waals surface area contributed by atoms with Crippen molar-refractivity contribution in [2.45, 2.75) is 89.6 Å². The molecule has 6 nitrogen and oxygen atoms in total. The van der Waals surface area contributed by atoms with Crippen LogP contribution in [0.2, 0.25) is 0 Å². The van der Waals surface area contributed by atoms with Gasteiger partial charge >= 0.3 is 17.9 Å². The van der Waals surface area contributed by atoms with Gasteiger partial charge in [0.1, 0.15) is 6.10 Å². The predicted octanol–water partition coefficient (Wildman–Crippen LogP) is 4.41. The summed E-state index contributed by atoms with van der Waals surface area (Å²) >= 11 is 0. The molecule has 0 aromatic carbocycles. The van der Waals surface area contributed by atoms with Crippen LogP contribution in [-0.2, 0) is 28.5 Å². The summed E-state index contributed by atoms with van der Waals surface area (Å²) in [5.41, 5.74) is 0.0548. The Bertz CT molecular complexity index is 672. The van der Waals surface area contributed by atoms with Gasteiger partial charge in [0.25, 0.3) is 0 Å². The van der Waals surface area contributed by atoms with Gasteiger partial charge in [-0.3, -0.25) is 0 Å². The third-order valence-electron chi connectivity index (χ3n) is 6.62. The third kappa shape index (κ3) is 6.04. The highest BCUT2D eigenvalue weighted by Gasteiger charge is 2.58. The highest BCUT2D eigenvalue weighted by Crippen LogP contribution is 2.58. The molecule has 4 rings (SSSR count). The van der Waals surface area contributed by atoms with E-state index in [2.05, 4.69) is 6.58 Å². The summed E-state index contributed by atoms with van der Waals surface area (Å²) < 4.78 is 49.1. The number of esters is 2. The molecule has 3 unspecified atom stereocenters. The van der Waals surface area contributed by atoms with E-state index < -0.39 is 24.3 Å². The van der Waals surface area contributed by atoms with Crippen LogP contribution in [-0.4, -0.2) is 49.1 Å². The van der Waals surface area contributed by atoms with Crippen molar-refractivity contribution in [3.63, 3.8) is 0 Å². The molecule has 3 atom stereocenters. The molecule has 31 heavy (non-hydrogen) atoms. The first-order valence-corrected chi connectivity index (χ1v) is 11.2. The fraction of sp³-hybridized carbons (Fsp3) is 0.826. The van der Waals surface area contributed by atoms with Crippen LogP contribution in [0.4, 0.5) is 8.78 Å². The molecule has 0 heterocycles. The molecule has 176 valence electrons. The normalized spacial score (nSPS) is 32.5. The maximum Gasteiger partial charge on any atom is 0.376 e. The smallest absolute Gasteiger partial charge is 0.376 e. The SMILES string of the molecule is C=C(C)C(=O)OCCCCOC(C)OC12CC3CC(C1)C(OC(=O)C(C)(F)F)C(C3)C2. The van der Waals surface area contributed by atoms with Gasteiger partial charge in [-0.1, -0.05) is 6.58 Å². The van der Waals surface area contributed by atoms with Crippen LogP contribution in [0.1, 0.15) is 65.7 Å². The number of ether oxygens (including phenoxy) is 4. The first kappa shape index (κ1) is 24.1. The van der Waals surface area contributed by atoms with Crippen LogP contribution in [0.15, 0.2) is 12.2 Å². The Labute approximate surface area is 182 Å². The molecular formula is C23H34F2O6. The van der Waals surface area contributed by atoms with Crippen molar-refractivity contribution in [2.75, 3.05) is 13.2 Å². The maximum absolute atomic E-state index is 13.3. The fourth-order valence-electron chi connectivity index (χ4n) is 5.59. The summed E-state index contributed by atoms with van der Waals surface area (Å²) in [5, 5.41) is 0. The Balaban J connectivity index is 1.43. The van der Waals surface area contributed by atoms with E-state index in [1.54, 1.807) is 6.92 Å². The number of halogens is 2. The van der Waals surface area contributed by atoms with E-state index in [-0.39, 0.29) is 23.4 Å². The van der Waals surface area contributed by atoms with Crippen molar-refractivity contribution in [1.29, 1.82) is 0 Å². The molecule has 0 spiro atoms. The van der Waals surface area contributed by atoms with Crippen molar-refractivity contribution in [2.24, 2.45) is 17.8 Å². The first-order chi connectivity index (χ1) is 14.5. The quantitative estimate of drug-likeness (QED) is 0.203. The summed E-state index contributed by atoms with van der Waals surface area (Å²) in [6.45, 7) is 8.42. The zero-order chi connectivity index (χ0) is 22.8. The molecule has 4 fully saturated rings. The monoisotopic (exact) mass is 444 g/mol. The van der Waals surface area contributed by atoms with E-state index in [1.807, 2.05) is 6.92 Å². The molecule has 4 aliphatic carbocycles. The molecule has 0 radical (unpaired) electrons. The van der Waals surface area contributed by atoms with Gasteiger partial charge in [-0.25, -0.2) is 9.59 Å². The summed E-state index contributed by atoms with van der Waals surface area (Å²) in [7, 11) is 0. The van der Waals surface area contributed by atoms with Crippen LogP contribution in [0.25, 0.3) is 0 Å². The number of hydrogen-bond donors (Lipinski definition) is 0. The van der Waals surface area contributed by atoms with Gasteiger partial charge in [0.2, 0.25) is 0 Å². The number of carbonyl (C=O) groups is 2. The Hall–Kier alpha value is -1.54. The Morgan fingerprint density at radius 3 is 2.32 bits per heavy atom. The fourth-order valence-corrected chi connectivity index (χ4v) is 5.59. The van der Waals surface area contributed by atoms with Gasteiger partial charge in [0.05, 0.1) is 12.2 Å². The Morgan fingerprint density at radius 2 is 1.74 bits per heavy atom. The van der Waals surface area contributed by atoms with Crippen molar-refractivity contribution >= 4 is 11.9 Å². The highest BCUT2D eigenvalue weighted by atomic mass is 19.3. The molecule has 0 N–H and O–H groups in total. The molecule has 0 aromatic heterocycles. The second-order valence-corrected chi connectivity index (χ2v) is 9.59. The third-order valence-corrected chi connectivity index (χ3v) is 6.62. The van der Waals surface area contributed by atoms with E-state index in [0.717, 1.165) is 25.7 Å². The van der Waals surface area contributed by atoms with E-state index >= 15 is 0 Å². The summed E-state index contributed by atoms with van der Waals surface area (Å²) in [6, 6.07) is 0. The lowest BCUT2D eigenvalue weighted by atomic mass is 9.53. The molecule has 4 saturated carbocycles. The second kappa shape index (κ2) is 9.53. The Kier molecular flexibility index (Phi) is 7.41. The number of unbranched alkanes of at least 4 members (excludes halogenated alkanes) is 1. The first-order valence-electron chi connectivity index (χ1n) is 11.2. The zero-order valence-corrected chi connectivity index (χ0v) is 18.7. The van der Waals surface area contributed by atoms with Crippen molar-refractivity contribution in [3.05, 3.63) is 12.2 Å². The highest BCUT2D eigenvalue weighted by molar-refractivity contribution is 5.86. The van der Waals surface area contributed by atoms with Crippen LogP contribution < -0.4 is 0 Å². The predicted molar refractivity (Wildman–Crippen MR) is 108 cm³/mol. The van der Waals surface area contributed by atoms with Crippen molar-refractivity contribution in [3.8, 4) is 0 Å². The lowest BCUT2D eigenvalue weighted by molar-refractivity contribution is -0.270. The van der Waals surface area contributed by atoms with Gasteiger partial charge in [0.15, 0.2) is 6.29 Å². The number of carbonyl (C=O) groups excluding carboxylic acids is 2. The van der Waals surface area contributed by atoms with Crippen LogP contribution in [0.3, 0.4) is 0 Å². The number of alkyl halides is 2. The minimum absolute atomic E-state index is 0.0627. The van der Waals surface area contributed by atoms with E-state index in [0.29, 0.717) is 50.9 Å². The van der Waals surface area contributed by atoms with Crippen molar-refractivity contribution < 1.29 is 37.3 Å². The van der Waals surface area contributed by atoms with Crippen LogP contribution in [0.5, 0.6) is 0 Å². The molecule has 0 aliphatic heterocycles. The van der Waals surface area contributed by atoms with Gasteiger partial charge in [0, 0.05) is 19.1 Å². The molecule has 4 aliphatic rings. The number of rotatable bonds is 11. The average Bonchev–Trinajstić information content (AvgIpc) is 2.65. The van der Waals surface area contributed by atoms with E-state index in [1.165, 1.54) is 0 Å². The van der Waals surface area contributed by atoms with Gasteiger partial charge in [-0.05, 0) is 76.5 Å². The molecular weight excluding hydrogens is 410 g/mol. The molecule has 0 amide bonds. The maximum atomic E-state index is 13.3. The topological polar surface area (TPSA) is 71.1 Å². The molecule has 4 bridgehead atoms. The van der Waals surface area contributed by atoms with E-state index in [4.69, 9.17) is 18.9 Å². The second-order valence-electron chi connectivity index (χ2n) is 9.59. The number of hydrogen-bond acceptors (Lipinski definition) is 6. The van der Waals surface area contributed by atoms with Crippen molar-refractivity contribution in [1.82, 2.24) is 0 Å². The summed E-state index contributed by atoms with van der Waals surface area (Å²) in [4.78, 5) is 23.1. The van der Waals surface area contributed by atoms with Gasteiger partial charge < -0.3 is 18.9 Å². The standard InChI is InChI=1S/C23H34F2O6/c1-14(2)20(26)29-8-6-5-7-28-15(3)31-23-11-16-9-17(12-23)19(18(10-16)13-23)30-21(27)22(4,24)25/h15-19H,1,5-13H2,2-4H3. The van der Waals surface area contributed by atoms with Gasteiger partial charge in [-0.2, -0.15) is 8.78 Å². The van der Waals surface area contributed by atoms with Crippen LogP contribution >= 0.6 is 0 Å². The Morgan fingerprint density at radius 1 is 1.13 bits per heavy atom. The average molecular weight is 445 g/mol. The lowest BCUT2D eigenvalue weighted by Gasteiger charge is -2.59. The van der Waals surface area contributed by atoms with Gasteiger partial charge in [-0.15, -0.1) is 0 Å². The largest absolute Gasteiger partial charge is 0.462 e. The molecule has 0 saturated heterocycles. The lowest BCUT2D eigenvalue weighted by Crippen LogP contribution is -2.60. The summed E-state index contributed by atoms with van der Waals surface area (Å²) in [5.74, 6) is -4.67. The molecule has 0 aromatic rings. The summed E-state index contributed by atoms with van der Waals surface area (Å²) in [6.07, 6.45) is 4.74. The molecule has 8 heteroatoms. The van der Waals surface area contributed by atoms with Crippen LogP contribution in [0, 0.1) is 17.8 Å². The minimum Gasteiger partial charge on any atom is -0.462 e. The minimum atomic E-state index is -3.46.